The van der Waals surface area contributed by atoms with E-state index in [0.29, 0.717) is 11.8 Å². The van der Waals surface area contributed by atoms with Gasteiger partial charge in [-0.25, -0.2) is 4.39 Å². The lowest BCUT2D eigenvalue weighted by Gasteiger charge is -2.32. The molecule has 17 heavy (non-hydrogen) atoms. The Morgan fingerprint density at radius 2 is 1.47 bits per heavy atom. The van der Waals surface area contributed by atoms with Crippen LogP contribution < -0.4 is 0 Å². The molecule has 0 saturated heterocycles. The summed E-state index contributed by atoms with van der Waals surface area (Å²) >= 11 is 0. The standard InChI is InChI=1S/C16H21F/c1-10-6-5-7-14(11(10)2)15-8-9-16(17)13(4)12(15)3/h5-13H,1-4H3/t10-,11?,12+,13?/m1/s1. The van der Waals surface area contributed by atoms with Crippen LogP contribution in [-0.4, -0.2) is 0 Å². The van der Waals surface area contributed by atoms with Crippen LogP contribution in [0.3, 0.4) is 0 Å². The quantitative estimate of drug-likeness (QED) is 0.608. The van der Waals surface area contributed by atoms with E-state index in [1.54, 1.807) is 6.08 Å². The summed E-state index contributed by atoms with van der Waals surface area (Å²) in [6, 6.07) is 0. The first-order valence-electron chi connectivity index (χ1n) is 6.48. The lowest BCUT2D eigenvalue weighted by atomic mass is 9.73. The van der Waals surface area contributed by atoms with Crippen molar-refractivity contribution < 1.29 is 4.39 Å². The second-order valence-corrected chi connectivity index (χ2v) is 5.41. The van der Waals surface area contributed by atoms with Gasteiger partial charge in [-0.05, 0) is 35.0 Å². The molecule has 0 aromatic carbocycles. The van der Waals surface area contributed by atoms with Gasteiger partial charge in [0.05, 0.1) is 0 Å². The van der Waals surface area contributed by atoms with Crippen LogP contribution in [-0.2, 0) is 0 Å². The Morgan fingerprint density at radius 3 is 2.18 bits per heavy atom. The number of rotatable bonds is 1. The first kappa shape index (κ1) is 12.3. The largest absolute Gasteiger partial charge is 0.212 e. The summed E-state index contributed by atoms with van der Waals surface area (Å²) in [6.45, 7) is 8.59. The second kappa shape index (κ2) is 4.64. The Labute approximate surface area is 104 Å². The predicted octanol–water partition coefficient (Wildman–Crippen LogP) is 4.82. The molecule has 0 nitrogen and oxygen atoms in total. The number of hydrogen-bond acceptors (Lipinski definition) is 0. The van der Waals surface area contributed by atoms with E-state index < -0.39 is 0 Å². The van der Waals surface area contributed by atoms with E-state index >= 15 is 0 Å². The van der Waals surface area contributed by atoms with Crippen LogP contribution in [0.5, 0.6) is 0 Å². The maximum absolute atomic E-state index is 13.5. The lowest BCUT2D eigenvalue weighted by molar-refractivity contribution is 0.395. The Hall–Kier alpha value is -1.11. The number of halogens is 1. The molecule has 0 bridgehead atoms. The van der Waals surface area contributed by atoms with E-state index in [1.165, 1.54) is 11.1 Å². The third-order valence-corrected chi connectivity index (χ3v) is 4.40. The minimum absolute atomic E-state index is 0.00399. The molecule has 0 fully saturated rings. The van der Waals surface area contributed by atoms with Gasteiger partial charge in [0, 0.05) is 5.92 Å². The van der Waals surface area contributed by atoms with Gasteiger partial charge in [-0.3, -0.25) is 0 Å². The molecule has 1 heteroatoms. The van der Waals surface area contributed by atoms with Crippen LogP contribution in [0.1, 0.15) is 27.7 Å². The predicted molar refractivity (Wildman–Crippen MR) is 71.2 cm³/mol. The van der Waals surface area contributed by atoms with Crippen LogP contribution in [0, 0.1) is 23.7 Å². The van der Waals surface area contributed by atoms with E-state index in [1.807, 2.05) is 13.0 Å². The molecule has 0 radical (unpaired) electrons. The van der Waals surface area contributed by atoms with Crippen molar-refractivity contribution in [2.75, 3.05) is 0 Å². The van der Waals surface area contributed by atoms with Crippen molar-refractivity contribution in [3.8, 4) is 0 Å². The minimum Gasteiger partial charge on any atom is -0.212 e. The number of hydrogen-bond donors (Lipinski definition) is 0. The molecule has 0 N–H and O–H groups in total. The SMILES string of the molecule is CC1C(C2=CC=C(F)C(C)[C@@H]2C)=CC=C[C@H]1C. The summed E-state index contributed by atoms with van der Waals surface area (Å²) in [5.74, 6) is 1.37. The average Bonchev–Trinajstić information content (AvgIpc) is 2.31. The zero-order valence-corrected chi connectivity index (χ0v) is 11.1. The molecule has 2 unspecified atom stereocenters. The monoisotopic (exact) mass is 232 g/mol. The Morgan fingerprint density at radius 1 is 0.824 bits per heavy atom. The topological polar surface area (TPSA) is 0 Å². The fourth-order valence-corrected chi connectivity index (χ4v) is 2.64. The zero-order chi connectivity index (χ0) is 12.6. The van der Waals surface area contributed by atoms with Gasteiger partial charge in [-0.2, -0.15) is 0 Å². The highest BCUT2D eigenvalue weighted by atomic mass is 19.1. The molecule has 0 aliphatic heterocycles. The summed E-state index contributed by atoms with van der Waals surface area (Å²) in [5, 5.41) is 0. The van der Waals surface area contributed by atoms with Crippen molar-refractivity contribution in [3.05, 3.63) is 47.4 Å². The highest BCUT2D eigenvalue weighted by molar-refractivity contribution is 5.44. The average molecular weight is 232 g/mol. The van der Waals surface area contributed by atoms with Gasteiger partial charge in [0.15, 0.2) is 0 Å². The molecule has 0 saturated carbocycles. The molecule has 0 aromatic heterocycles. The normalized spacial score (nSPS) is 37.4. The third kappa shape index (κ3) is 2.15. The van der Waals surface area contributed by atoms with Gasteiger partial charge >= 0.3 is 0 Å². The van der Waals surface area contributed by atoms with Crippen molar-refractivity contribution in [2.24, 2.45) is 23.7 Å². The summed E-state index contributed by atoms with van der Waals surface area (Å²) in [4.78, 5) is 0. The molecule has 2 aliphatic carbocycles. The lowest BCUT2D eigenvalue weighted by Crippen LogP contribution is -2.21. The summed E-state index contributed by atoms with van der Waals surface area (Å²) in [7, 11) is 0. The molecule has 0 aromatic rings. The maximum Gasteiger partial charge on any atom is 0.103 e. The van der Waals surface area contributed by atoms with Crippen molar-refractivity contribution in [1.82, 2.24) is 0 Å². The van der Waals surface area contributed by atoms with E-state index in [4.69, 9.17) is 0 Å². The van der Waals surface area contributed by atoms with Crippen molar-refractivity contribution in [3.63, 3.8) is 0 Å². The summed E-state index contributed by atoms with van der Waals surface area (Å²) < 4.78 is 13.5. The fourth-order valence-electron chi connectivity index (χ4n) is 2.64. The summed E-state index contributed by atoms with van der Waals surface area (Å²) in [5.41, 5.74) is 2.69. The molecule has 0 heterocycles. The number of allylic oxidation sites excluding steroid dienone is 8. The molecule has 0 amide bonds. The molecular weight excluding hydrogens is 211 g/mol. The highest BCUT2D eigenvalue weighted by Gasteiger charge is 2.29. The molecule has 2 rings (SSSR count). The summed E-state index contributed by atoms with van der Waals surface area (Å²) in [6.07, 6.45) is 10.2. The van der Waals surface area contributed by atoms with Gasteiger partial charge in [0.2, 0.25) is 0 Å². The van der Waals surface area contributed by atoms with Gasteiger partial charge in [0.25, 0.3) is 0 Å². The minimum atomic E-state index is 0.00399. The van der Waals surface area contributed by atoms with Crippen LogP contribution >= 0.6 is 0 Å². The smallest absolute Gasteiger partial charge is 0.103 e. The Balaban J connectivity index is 2.35. The van der Waals surface area contributed by atoms with Crippen molar-refractivity contribution in [2.45, 2.75) is 27.7 Å². The first-order chi connectivity index (χ1) is 8.02. The van der Waals surface area contributed by atoms with Crippen molar-refractivity contribution in [1.29, 1.82) is 0 Å². The van der Waals surface area contributed by atoms with Crippen LogP contribution in [0.15, 0.2) is 47.4 Å². The van der Waals surface area contributed by atoms with Crippen LogP contribution in [0.4, 0.5) is 4.39 Å². The van der Waals surface area contributed by atoms with Gasteiger partial charge < -0.3 is 0 Å². The van der Waals surface area contributed by atoms with E-state index in [-0.39, 0.29) is 17.7 Å². The highest BCUT2D eigenvalue weighted by Crippen LogP contribution is 2.40. The first-order valence-corrected chi connectivity index (χ1v) is 6.48. The van der Waals surface area contributed by atoms with Gasteiger partial charge in [-0.15, -0.1) is 0 Å². The van der Waals surface area contributed by atoms with Gasteiger partial charge in [0.1, 0.15) is 5.83 Å². The zero-order valence-electron chi connectivity index (χ0n) is 11.1. The third-order valence-electron chi connectivity index (χ3n) is 4.40. The molecular formula is C16H21F. The van der Waals surface area contributed by atoms with Gasteiger partial charge in [-0.1, -0.05) is 52.0 Å². The van der Waals surface area contributed by atoms with Crippen LogP contribution in [0.25, 0.3) is 0 Å². The Kier molecular flexibility index (Phi) is 3.37. The molecule has 92 valence electrons. The molecule has 2 aliphatic rings. The second-order valence-electron chi connectivity index (χ2n) is 5.41. The van der Waals surface area contributed by atoms with E-state index in [2.05, 4.69) is 39.0 Å². The Bertz CT molecular complexity index is 423. The molecule has 4 atom stereocenters. The van der Waals surface area contributed by atoms with E-state index in [0.717, 1.165) is 0 Å². The van der Waals surface area contributed by atoms with Crippen molar-refractivity contribution >= 4 is 0 Å². The fraction of sp³-hybridized carbons (Fsp3) is 0.500. The molecule has 0 spiro atoms. The van der Waals surface area contributed by atoms with Crippen LogP contribution in [0.2, 0.25) is 0 Å². The van der Waals surface area contributed by atoms with E-state index in [9.17, 15) is 4.39 Å². The maximum atomic E-state index is 13.5.